The average molecular weight is 682 g/mol. The Morgan fingerprint density at radius 2 is 1.82 bits per heavy atom. The van der Waals surface area contributed by atoms with Crippen molar-refractivity contribution in [2.75, 3.05) is 18.4 Å². The summed E-state index contributed by atoms with van der Waals surface area (Å²) in [5.74, 6) is -0.724. The molecule has 0 atom stereocenters. The highest BCUT2D eigenvalue weighted by atomic mass is 19.1. The van der Waals surface area contributed by atoms with Crippen LogP contribution >= 0.6 is 0 Å². The minimum Gasteiger partial charge on any atom is -0.384 e. The predicted octanol–water partition coefficient (Wildman–Crippen LogP) is 3.39. The second-order valence-electron chi connectivity index (χ2n) is 12.0. The van der Waals surface area contributed by atoms with Gasteiger partial charge in [0.1, 0.15) is 22.6 Å². The first-order valence-electron chi connectivity index (χ1n) is 15.5. The van der Waals surface area contributed by atoms with Gasteiger partial charge in [-0.15, -0.1) is 6.58 Å². The third-order valence-corrected chi connectivity index (χ3v) is 7.97. The molecule has 4 aromatic heterocycles. The zero-order valence-corrected chi connectivity index (χ0v) is 27.2. The number of aliphatic hydroxyl groups is 1. The number of nitrogens with one attached hydrogen (secondary N) is 3. The van der Waals surface area contributed by atoms with Crippen LogP contribution in [0.15, 0.2) is 94.4 Å². The number of allylic oxidation sites excluding steroid dienone is 1. The van der Waals surface area contributed by atoms with E-state index in [1.807, 2.05) is 0 Å². The number of H-pyrrole nitrogens is 1. The van der Waals surface area contributed by atoms with Crippen molar-refractivity contribution >= 4 is 33.6 Å². The van der Waals surface area contributed by atoms with Gasteiger partial charge in [-0.1, -0.05) is 30.9 Å². The number of anilines is 1. The lowest BCUT2D eigenvalue weighted by Gasteiger charge is -2.18. The Morgan fingerprint density at radius 1 is 1.04 bits per heavy atom. The van der Waals surface area contributed by atoms with E-state index in [2.05, 4.69) is 43.7 Å². The van der Waals surface area contributed by atoms with Gasteiger partial charge < -0.3 is 15.7 Å². The summed E-state index contributed by atoms with van der Waals surface area (Å²) in [6.45, 7) is 11.6. The van der Waals surface area contributed by atoms with Crippen LogP contribution in [0.1, 0.15) is 30.7 Å². The van der Waals surface area contributed by atoms with Gasteiger partial charge in [-0.25, -0.2) is 32.9 Å². The van der Waals surface area contributed by atoms with Crippen LogP contribution in [0.5, 0.6) is 0 Å². The van der Waals surface area contributed by atoms with E-state index in [9.17, 15) is 28.3 Å². The fourth-order valence-corrected chi connectivity index (χ4v) is 5.54. The van der Waals surface area contributed by atoms with Crippen LogP contribution in [0.25, 0.3) is 33.5 Å². The number of benzene rings is 2. The molecule has 0 unspecified atom stereocenters. The fourth-order valence-electron chi connectivity index (χ4n) is 5.54. The molecule has 2 aromatic carbocycles. The monoisotopic (exact) mass is 681 g/mol. The molecule has 4 heterocycles. The van der Waals surface area contributed by atoms with Crippen molar-refractivity contribution in [2.24, 2.45) is 0 Å². The van der Waals surface area contributed by atoms with E-state index in [1.165, 1.54) is 45.8 Å². The van der Waals surface area contributed by atoms with Gasteiger partial charge >= 0.3 is 5.69 Å². The van der Waals surface area contributed by atoms with Crippen molar-refractivity contribution in [2.45, 2.75) is 32.5 Å². The van der Waals surface area contributed by atoms with Crippen molar-refractivity contribution in [1.29, 1.82) is 0 Å². The maximum absolute atomic E-state index is 14.9. The summed E-state index contributed by atoms with van der Waals surface area (Å²) in [6, 6.07) is 13.4. The minimum atomic E-state index is -1.22. The predicted molar refractivity (Wildman–Crippen MR) is 186 cm³/mol. The maximum Gasteiger partial charge on any atom is 0.329 e. The van der Waals surface area contributed by atoms with Gasteiger partial charge in [-0.2, -0.15) is 4.98 Å². The van der Waals surface area contributed by atoms with Crippen LogP contribution in [0.2, 0.25) is 0 Å². The van der Waals surface area contributed by atoms with E-state index < -0.39 is 28.5 Å². The highest BCUT2D eigenvalue weighted by molar-refractivity contribution is 5.79. The maximum atomic E-state index is 14.9. The standard InChI is InChI=1S/C35H33F2N9O4/c1-5-16-45-32(48)23-18-40-33(42-30(23)46(45)28-11-7-10-27(41-28)35(3,4)50)39-15-14-38-20(2)22-17-21(12-13-24(22)36)19-44-26-9-6-8-25(37)29(26)31(47)43-34(44)49/h5-13,17-18,38,50H,1-2,14-16,19H2,3-4H3,(H,39,40,42)(H,43,47,49). The molecule has 50 heavy (non-hydrogen) atoms. The van der Waals surface area contributed by atoms with Gasteiger partial charge in [0.05, 0.1) is 29.7 Å². The SMILES string of the molecule is C=CCn1c(=O)c2cnc(NCCNC(=C)c3cc(Cn4c(=O)[nH]c(=O)c5c(F)cccc54)ccc3F)nc2n1-c1cccc(C(C)(C)O)n1. The third-order valence-electron chi connectivity index (χ3n) is 7.97. The van der Waals surface area contributed by atoms with E-state index in [0.29, 0.717) is 22.7 Å². The van der Waals surface area contributed by atoms with Crippen LogP contribution in [-0.4, -0.2) is 52.1 Å². The first kappa shape index (κ1) is 33.7. The summed E-state index contributed by atoms with van der Waals surface area (Å²) >= 11 is 0. The highest BCUT2D eigenvalue weighted by Gasteiger charge is 2.22. The largest absolute Gasteiger partial charge is 0.384 e. The van der Waals surface area contributed by atoms with Gasteiger partial charge in [0.25, 0.3) is 11.1 Å². The first-order valence-corrected chi connectivity index (χ1v) is 15.5. The average Bonchev–Trinajstić information content (AvgIpc) is 3.35. The smallest absolute Gasteiger partial charge is 0.329 e. The molecule has 0 bridgehead atoms. The summed E-state index contributed by atoms with van der Waals surface area (Å²) in [7, 11) is 0. The van der Waals surface area contributed by atoms with E-state index in [4.69, 9.17) is 0 Å². The van der Waals surface area contributed by atoms with Crippen molar-refractivity contribution in [3.63, 3.8) is 0 Å². The Bertz CT molecular complexity index is 2470. The number of aromatic nitrogens is 7. The second kappa shape index (κ2) is 13.4. The lowest BCUT2D eigenvalue weighted by molar-refractivity contribution is 0.0738. The summed E-state index contributed by atoms with van der Waals surface area (Å²) in [4.78, 5) is 53.7. The molecule has 0 radical (unpaired) electrons. The van der Waals surface area contributed by atoms with Crippen LogP contribution in [0.3, 0.4) is 0 Å². The van der Waals surface area contributed by atoms with E-state index in [0.717, 1.165) is 6.07 Å². The van der Waals surface area contributed by atoms with Gasteiger partial charge in [-0.3, -0.25) is 19.1 Å². The quantitative estimate of drug-likeness (QED) is 0.112. The molecule has 4 N–H and O–H groups in total. The van der Waals surface area contributed by atoms with Crippen molar-refractivity contribution in [1.82, 2.24) is 39.2 Å². The number of hydrogen-bond acceptors (Lipinski definition) is 9. The Hall–Kier alpha value is -6.22. The number of pyridine rings is 1. The van der Waals surface area contributed by atoms with Crippen LogP contribution < -0.4 is 27.4 Å². The summed E-state index contributed by atoms with van der Waals surface area (Å²) in [5.41, 5.74) is -1.36. The number of hydrogen-bond donors (Lipinski definition) is 4. The van der Waals surface area contributed by atoms with Crippen molar-refractivity contribution < 1.29 is 13.9 Å². The van der Waals surface area contributed by atoms with Gasteiger partial charge in [0, 0.05) is 30.5 Å². The molecule has 6 aromatic rings. The summed E-state index contributed by atoms with van der Waals surface area (Å²) in [6.07, 6.45) is 2.99. The Balaban J connectivity index is 1.18. The van der Waals surface area contributed by atoms with Crippen LogP contribution in [0, 0.1) is 11.6 Å². The number of halogens is 2. The molecule has 0 spiro atoms. The zero-order valence-electron chi connectivity index (χ0n) is 27.2. The first-order chi connectivity index (χ1) is 23.9. The molecule has 13 nitrogen and oxygen atoms in total. The normalized spacial score (nSPS) is 11.6. The molecule has 256 valence electrons. The Labute approximate surface area is 282 Å². The van der Waals surface area contributed by atoms with Crippen LogP contribution in [0.4, 0.5) is 14.7 Å². The molecule has 0 saturated heterocycles. The summed E-state index contributed by atoms with van der Waals surface area (Å²) < 4.78 is 33.5. The number of fused-ring (bicyclic) bond motifs is 2. The van der Waals surface area contributed by atoms with E-state index in [-0.39, 0.29) is 65.2 Å². The Morgan fingerprint density at radius 3 is 2.58 bits per heavy atom. The molecular weight excluding hydrogens is 648 g/mol. The lowest BCUT2D eigenvalue weighted by Crippen LogP contribution is -2.31. The molecule has 0 fully saturated rings. The van der Waals surface area contributed by atoms with E-state index >= 15 is 0 Å². The molecule has 0 aliphatic carbocycles. The van der Waals surface area contributed by atoms with Crippen LogP contribution in [-0.2, 0) is 18.7 Å². The molecule has 15 heteroatoms. The number of aromatic amines is 1. The van der Waals surface area contributed by atoms with Gasteiger partial charge in [0.2, 0.25) is 5.95 Å². The van der Waals surface area contributed by atoms with Gasteiger partial charge in [-0.05, 0) is 55.8 Å². The number of rotatable bonds is 12. The van der Waals surface area contributed by atoms with Crippen molar-refractivity contribution in [3.8, 4) is 5.82 Å². The number of nitrogens with zero attached hydrogens (tertiary/aromatic N) is 6. The molecule has 6 rings (SSSR count). The molecule has 0 aliphatic heterocycles. The third kappa shape index (κ3) is 6.45. The molecule has 0 saturated carbocycles. The molecule has 0 amide bonds. The second-order valence-corrected chi connectivity index (χ2v) is 12.0. The fraction of sp³-hybridized carbons (Fsp3) is 0.200. The topological polar surface area (TPSA) is 165 Å². The molecule has 0 aliphatic rings. The van der Waals surface area contributed by atoms with Crippen molar-refractivity contribution in [3.05, 3.63) is 140 Å². The van der Waals surface area contributed by atoms with E-state index in [1.54, 1.807) is 42.8 Å². The Kier molecular flexibility index (Phi) is 8.99. The zero-order chi connectivity index (χ0) is 35.7. The molecular formula is C35H33F2N9O4. The lowest BCUT2D eigenvalue weighted by atomic mass is 10.1. The summed E-state index contributed by atoms with van der Waals surface area (Å²) in [5, 5.41) is 16.7. The van der Waals surface area contributed by atoms with Gasteiger partial charge in [0.15, 0.2) is 11.5 Å². The minimum absolute atomic E-state index is 0.0608. The highest BCUT2D eigenvalue weighted by Crippen LogP contribution is 2.22.